The van der Waals surface area contributed by atoms with Crippen molar-refractivity contribution in [3.63, 3.8) is 0 Å². The quantitative estimate of drug-likeness (QED) is 0.759. The van der Waals surface area contributed by atoms with Gasteiger partial charge in [0.2, 0.25) is 0 Å². The van der Waals surface area contributed by atoms with Gasteiger partial charge in [-0.1, -0.05) is 18.2 Å². The van der Waals surface area contributed by atoms with Crippen LogP contribution < -0.4 is 0 Å². The third-order valence-corrected chi connectivity index (χ3v) is 3.47. The number of rotatable bonds is 8. The summed E-state index contributed by atoms with van der Waals surface area (Å²) in [6.07, 6.45) is 1.60. The molecule has 5 heteroatoms. The molecule has 0 fully saturated rings. The number of fused-ring (bicyclic) bond motifs is 1. The lowest BCUT2D eigenvalue weighted by molar-refractivity contribution is -0.110. The Morgan fingerprint density at radius 2 is 2.19 bits per heavy atom. The fourth-order valence-corrected chi connectivity index (χ4v) is 2.51. The largest absolute Gasteiger partial charge is 0.477 e. The van der Waals surface area contributed by atoms with Crippen molar-refractivity contribution in [2.24, 2.45) is 0 Å². The summed E-state index contributed by atoms with van der Waals surface area (Å²) in [7, 11) is 0. The number of carbonyl (C=O) groups is 2. The Labute approximate surface area is 123 Å². The Kier molecular flexibility index (Phi) is 5.11. The van der Waals surface area contributed by atoms with Crippen molar-refractivity contribution in [1.82, 2.24) is 4.57 Å². The lowest BCUT2D eigenvalue weighted by atomic mass is 10.2. The molecule has 0 saturated carbocycles. The van der Waals surface area contributed by atoms with Gasteiger partial charge in [-0.25, -0.2) is 4.79 Å². The van der Waals surface area contributed by atoms with Crippen LogP contribution in [0.5, 0.6) is 0 Å². The van der Waals surface area contributed by atoms with Crippen molar-refractivity contribution in [2.45, 2.75) is 32.4 Å². The zero-order chi connectivity index (χ0) is 15.2. The summed E-state index contributed by atoms with van der Waals surface area (Å²) in [6.45, 7) is 2.93. The second kappa shape index (κ2) is 7.04. The first kappa shape index (κ1) is 15.3. The minimum atomic E-state index is -0.949. The Morgan fingerprint density at radius 3 is 2.86 bits per heavy atom. The topological polar surface area (TPSA) is 68.5 Å². The normalized spacial score (nSPS) is 12.4. The van der Waals surface area contributed by atoms with E-state index in [0.29, 0.717) is 26.0 Å². The van der Waals surface area contributed by atoms with Gasteiger partial charge in [0.05, 0.1) is 6.10 Å². The van der Waals surface area contributed by atoms with Crippen LogP contribution in [0.3, 0.4) is 0 Å². The van der Waals surface area contributed by atoms with E-state index in [1.54, 1.807) is 10.6 Å². The molecule has 112 valence electrons. The van der Waals surface area contributed by atoms with Gasteiger partial charge in [0.15, 0.2) is 0 Å². The molecule has 2 aromatic rings. The predicted octanol–water partition coefficient (Wildman–Crippen LogP) is 2.72. The molecule has 1 unspecified atom stereocenters. The van der Waals surface area contributed by atoms with Gasteiger partial charge < -0.3 is 19.2 Å². The fraction of sp³-hybridized carbons (Fsp3) is 0.375. The number of hydrogen-bond acceptors (Lipinski definition) is 3. The minimum Gasteiger partial charge on any atom is -0.477 e. The Morgan fingerprint density at radius 1 is 1.43 bits per heavy atom. The lowest BCUT2D eigenvalue weighted by Gasteiger charge is -2.16. The molecular weight excluding hydrogens is 270 g/mol. The van der Waals surface area contributed by atoms with E-state index < -0.39 is 5.97 Å². The third-order valence-electron chi connectivity index (χ3n) is 3.47. The highest BCUT2D eigenvalue weighted by atomic mass is 16.5. The first-order valence-corrected chi connectivity index (χ1v) is 7.04. The molecule has 0 aliphatic heterocycles. The second-order valence-electron chi connectivity index (χ2n) is 4.81. The average Bonchev–Trinajstić information content (AvgIpc) is 2.84. The lowest BCUT2D eigenvalue weighted by Crippen LogP contribution is -2.18. The van der Waals surface area contributed by atoms with Crippen molar-refractivity contribution in [3.8, 4) is 0 Å². The number of ether oxygens (including phenoxy) is 1. The van der Waals surface area contributed by atoms with E-state index in [2.05, 4.69) is 0 Å². The van der Waals surface area contributed by atoms with Gasteiger partial charge in [-0.3, -0.25) is 0 Å². The Balaban J connectivity index is 2.25. The molecule has 1 aromatic carbocycles. The van der Waals surface area contributed by atoms with Gasteiger partial charge in [0, 0.05) is 30.5 Å². The van der Waals surface area contributed by atoms with Crippen molar-refractivity contribution in [1.29, 1.82) is 0 Å². The summed E-state index contributed by atoms with van der Waals surface area (Å²) < 4.78 is 7.27. The van der Waals surface area contributed by atoms with Crippen LogP contribution in [0.4, 0.5) is 0 Å². The summed E-state index contributed by atoms with van der Waals surface area (Å²) in [4.78, 5) is 22.0. The maximum absolute atomic E-state index is 11.4. The molecule has 0 saturated heterocycles. The van der Waals surface area contributed by atoms with E-state index in [1.807, 2.05) is 31.2 Å². The van der Waals surface area contributed by atoms with Crippen molar-refractivity contribution < 1.29 is 19.4 Å². The van der Waals surface area contributed by atoms with Crippen LogP contribution in [-0.2, 0) is 16.1 Å². The molecule has 0 amide bonds. The highest BCUT2D eigenvalue weighted by molar-refractivity contribution is 5.94. The molecule has 1 atom stereocenters. The standard InChI is InChI=1S/C16H19NO4/c1-2-21-13(8-10-18)7-9-17-14-6-4-3-5-12(14)11-15(17)16(19)20/h3-6,10-11,13H,2,7-9H2,1H3,(H,19,20). The summed E-state index contributed by atoms with van der Waals surface area (Å²) in [6, 6.07) is 9.23. The van der Waals surface area contributed by atoms with Crippen LogP contribution in [0.1, 0.15) is 30.3 Å². The van der Waals surface area contributed by atoms with E-state index >= 15 is 0 Å². The van der Waals surface area contributed by atoms with Gasteiger partial charge in [-0.05, 0) is 25.5 Å². The van der Waals surface area contributed by atoms with Crippen molar-refractivity contribution >= 4 is 23.2 Å². The molecule has 1 aromatic heterocycles. The average molecular weight is 289 g/mol. The Hall–Kier alpha value is -2.14. The number of aromatic carboxylic acids is 1. The van der Waals surface area contributed by atoms with E-state index in [0.717, 1.165) is 17.2 Å². The number of para-hydroxylation sites is 1. The summed E-state index contributed by atoms with van der Waals surface area (Å²) in [5, 5.41) is 10.2. The number of hydrogen-bond donors (Lipinski definition) is 1. The van der Waals surface area contributed by atoms with Crippen LogP contribution in [0, 0.1) is 0 Å². The maximum atomic E-state index is 11.4. The number of carboxylic acids is 1. The molecule has 1 heterocycles. The number of nitrogens with zero attached hydrogens (tertiary/aromatic N) is 1. The number of benzene rings is 1. The first-order valence-electron chi connectivity index (χ1n) is 7.04. The van der Waals surface area contributed by atoms with E-state index in [4.69, 9.17) is 4.74 Å². The van der Waals surface area contributed by atoms with Gasteiger partial charge in [-0.2, -0.15) is 0 Å². The monoisotopic (exact) mass is 289 g/mol. The zero-order valence-corrected chi connectivity index (χ0v) is 12.0. The SMILES string of the molecule is CCOC(CC=O)CCn1c(C(=O)O)cc2ccccc21. The Bertz CT molecular complexity index is 632. The highest BCUT2D eigenvalue weighted by Crippen LogP contribution is 2.21. The molecule has 0 spiro atoms. The van der Waals surface area contributed by atoms with Gasteiger partial charge in [0.25, 0.3) is 0 Å². The van der Waals surface area contributed by atoms with Crippen LogP contribution in [-0.4, -0.2) is 34.6 Å². The van der Waals surface area contributed by atoms with E-state index in [9.17, 15) is 14.7 Å². The zero-order valence-electron chi connectivity index (χ0n) is 12.0. The number of carboxylic acid groups (broad SMARTS) is 1. The van der Waals surface area contributed by atoms with Crippen molar-refractivity contribution in [3.05, 3.63) is 36.0 Å². The third kappa shape index (κ3) is 3.49. The molecule has 0 aliphatic carbocycles. The number of carbonyl (C=O) groups excluding carboxylic acids is 1. The minimum absolute atomic E-state index is 0.171. The van der Waals surface area contributed by atoms with Crippen LogP contribution in [0.15, 0.2) is 30.3 Å². The molecule has 2 rings (SSSR count). The summed E-state index contributed by atoms with van der Waals surface area (Å²) in [5.41, 5.74) is 1.15. The second-order valence-corrected chi connectivity index (χ2v) is 4.81. The van der Waals surface area contributed by atoms with Crippen LogP contribution >= 0.6 is 0 Å². The number of aldehydes is 1. The maximum Gasteiger partial charge on any atom is 0.352 e. The van der Waals surface area contributed by atoms with Gasteiger partial charge in [0.1, 0.15) is 12.0 Å². The molecule has 1 N–H and O–H groups in total. The van der Waals surface area contributed by atoms with E-state index in [1.165, 1.54) is 0 Å². The molecule has 0 aliphatic rings. The summed E-state index contributed by atoms with van der Waals surface area (Å²) in [5.74, 6) is -0.949. The highest BCUT2D eigenvalue weighted by Gasteiger charge is 2.16. The van der Waals surface area contributed by atoms with Crippen LogP contribution in [0.25, 0.3) is 10.9 Å². The van der Waals surface area contributed by atoms with Crippen molar-refractivity contribution in [2.75, 3.05) is 6.61 Å². The first-order chi connectivity index (χ1) is 10.2. The number of aromatic nitrogens is 1. The molecular formula is C16H19NO4. The predicted molar refractivity (Wildman–Crippen MR) is 79.6 cm³/mol. The smallest absolute Gasteiger partial charge is 0.352 e. The van der Waals surface area contributed by atoms with Gasteiger partial charge >= 0.3 is 5.97 Å². The molecule has 0 bridgehead atoms. The molecule has 5 nitrogen and oxygen atoms in total. The molecule has 21 heavy (non-hydrogen) atoms. The van der Waals surface area contributed by atoms with Gasteiger partial charge in [-0.15, -0.1) is 0 Å². The molecule has 0 radical (unpaired) electrons. The summed E-state index contributed by atoms with van der Waals surface area (Å²) >= 11 is 0. The fourth-order valence-electron chi connectivity index (χ4n) is 2.51. The van der Waals surface area contributed by atoms with Crippen LogP contribution in [0.2, 0.25) is 0 Å². The number of aryl methyl sites for hydroxylation is 1. The van der Waals surface area contributed by atoms with E-state index in [-0.39, 0.29) is 11.8 Å².